The molecule has 0 aliphatic rings. The van der Waals surface area contributed by atoms with Gasteiger partial charge in [-0.3, -0.25) is 0 Å². The number of rotatable bonds is 3. The first-order valence-electron chi connectivity index (χ1n) is 4.33. The van der Waals surface area contributed by atoms with Crippen LogP contribution in [0.4, 0.5) is 0 Å². The second-order valence-electron chi connectivity index (χ2n) is 3.28. The van der Waals surface area contributed by atoms with Crippen LogP contribution in [0.25, 0.3) is 0 Å². The summed E-state index contributed by atoms with van der Waals surface area (Å²) in [6, 6.07) is 2.61. The van der Waals surface area contributed by atoms with Crippen molar-refractivity contribution in [2.24, 2.45) is 5.73 Å². The maximum absolute atomic E-state index is 9.57. The molecule has 4 heteroatoms. The molecule has 14 heavy (non-hydrogen) atoms. The van der Waals surface area contributed by atoms with Gasteiger partial charge in [-0.2, -0.15) is 0 Å². The molecule has 1 rings (SSSR count). The quantitative estimate of drug-likeness (QED) is 0.677. The Morgan fingerprint density at radius 1 is 1.36 bits per heavy atom. The Kier molecular flexibility index (Phi) is 3.33. The largest absolute Gasteiger partial charge is 0.507 e. The third-order valence-electron chi connectivity index (χ3n) is 2.00. The molecule has 0 unspecified atom stereocenters. The fourth-order valence-electron chi connectivity index (χ4n) is 1.40. The van der Waals surface area contributed by atoms with Crippen LogP contribution < -0.4 is 5.73 Å². The average Bonchev–Trinajstić information content (AvgIpc) is 2.01. The second kappa shape index (κ2) is 4.30. The Morgan fingerprint density at radius 3 is 2.29 bits per heavy atom. The van der Waals surface area contributed by atoms with E-state index in [0.29, 0.717) is 5.56 Å². The number of phenolic OH excluding ortho intramolecular Hbond substituents is 2. The molecule has 0 fully saturated rings. The van der Waals surface area contributed by atoms with Crippen molar-refractivity contribution in [2.45, 2.75) is 13.0 Å². The highest BCUT2D eigenvalue weighted by atomic mass is 16.5. The van der Waals surface area contributed by atoms with Gasteiger partial charge in [0.1, 0.15) is 11.5 Å². The fraction of sp³-hybridized carbons (Fsp3) is 0.400. The Morgan fingerprint density at radius 2 is 1.86 bits per heavy atom. The Labute approximate surface area is 82.9 Å². The van der Waals surface area contributed by atoms with E-state index in [1.165, 1.54) is 7.11 Å². The van der Waals surface area contributed by atoms with Crippen LogP contribution in [-0.4, -0.2) is 23.9 Å². The molecule has 1 atom stereocenters. The number of aromatic hydroxyl groups is 2. The summed E-state index contributed by atoms with van der Waals surface area (Å²) in [5, 5.41) is 19.1. The van der Waals surface area contributed by atoms with Crippen molar-refractivity contribution in [3.05, 3.63) is 23.3 Å². The van der Waals surface area contributed by atoms with Crippen molar-refractivity contribution in [2.75, 3.05) is 13.7 Å². The van der Waals surface area contributed by atoms with E-state index in [1.807, 2.05) is 0 Å². The second-order valence-corrected chi connectivity index (χ2v) is 3.28. The number of phenols is 2. The molecule has 0 heterocycles. The van der Waals surface area contributed by atoms with Crippen molar-refractivity contribution in [1.82, 2.24) is 0 Å². The van der Waals surface area contributed by atoms with Crippen molar-refractivity contribution >= 4 is 0 Å². The lowest BCUT2D eigenvalue weighted by molar-refractivity contribution is 0.178. The van der Waals surface area contributed by atoms with Gasteiger partial charge in [-0.25, -0.2) is 0 Å². The predicted molar refractivity (Wildman–Crippen MR) is 53.3 cm³/mol. The van der Waals surface area contributed by atoms with Crippen LogP contribution in [0, 0.1) is 6.92 Å². The Bertz CT molecular complexity index is 302. The summed E-state index contributed by atoms with van der Waals surface area (Å²) >= 11 is 0. The number of nitrogens with two attached hydrogens (primary N) is 1. The summed E-state index contributed by atoms with van der Waals surface area (Å²) in [5.41, 5.74) is 6.83. The van der Waals surface area contributed by atoms with Gasteiger partial charge in [0.05, 0.1) is 18.2 Å². The van der Waals surface area contributed by atoms with Crippen LogP contribution in [-0.2, 0) is 4.74 Å². The molecule has 1 aromatic rings. The van der Waals surface area contributed by atoms with Crippen LogP contribution in [0.3, 0.4) is 0 Å². The predicted octanol–water partition coefficient (Wildman–Crippen LogP) is 1.05. The van der Waals surface area contributed by atoms with E-state index in [1.54, 1.807) is 19.1 Å². The van der Waals surface area contributed by atoms with Gasteiger partial charge in [-0.05, 0) is 24.6 Å². The third-order valence-corrected chi connectivity index (χ3v) is 2.00. The minimum atomic E-state index is -0.513. The zero-order valence-corrected chi connectivity index (χ0v) is 8.32. The number of ether oxygens (including phenoxy) is 1. The standard InChI is InChI=1S/C10H15NO3/c1-6-3-8(12)10(9(13)4-6)7(11)5-14-2/h3-4,7,12-13H,5,11H2,1-2H3/t7-/m1/s1. The summed E-state index contributed by atoms with van der Waals surface area (Å²) in [6.07, 6.45) is 0. The molecule has 78 valence electrons. The fourth-order valence-corrected chi connectivity index (χ4v) is 1.40. The van der Waals surface area contributed by atoms with E-state index in [2.05, 4.69) is 0 Å². The van der Waals surface area contributed by atoms with E-state index >= 15 is 0 Å². The van der Waals surface area contributed by atoms with Crippen molar-refractivity contribution in [3.8, 4) is 11.5 Å². The van der Waals surface area contributed by atoms with Crippen LogP contribution in [0.5, 0.6) is 11.5 Å². The first-order valence-corrected chi connectivity index (χ1v) is 4.33. The monoisotopic (exact) mass is 197 g/mol. The number of benzene rings is 1. The van der Waals surface area contributed by atoms with Gasteiger partial charge in [-0.1, -0.05) is 0 Å². The molecular weight excluding hydrogens is 182 g/mol. The van der Waals surface area contributed by atoms with Crippen molar-refractivity contribution < 1.29 is 14.9 Å². The summed E-state index contributed by atoms with van der Waals surface area (Å²) in [4.78, 5) is 0. The molecule has 0 aromatic heterocycles. The van der Waals surface area contributed by atoms with Crippen molar-refractivity contribution in [1.29, 1.82) is 0 Å². The Hall–Kier alpha value is -1.26. The van der Waals surface area contributed by atoms with E-state index in [0.717, 1.165) is 5.56 Å². The lowest BCUT2D eigenvalue weighted by atomic mass is 10.0. The first-order chi connectivity index (χ1) is 6.56. The number of hydrogen-bond acceptors (Lipinski definition) is 4. The highest BCUT2D eigenvalue weighted by Gasteiger charge is 2.15. The SMILES string of the molecule is COC[C@@H](N)c1c(O)cc(C)cc1O. The molecule has 1 aromatic carbocycles. The molecule has 0 aliphatic heterocycles. The van der Waals surface area contributed by atoms with Crippen LogP contribution in [0.15, 0.2) is 12.1 Å². The zero-order valence-electron chi connectivity index (χ0n) is 8.32. The zero-order chi connectivity index (χ0) is 10.7. The maximum Gasteiger partial charge on any atom is 0.124 e. The van der Waals surface area contributed by atoms with Gasteiger partial charge in [-0.15, -0.1) is 0 Å². The molecule has 4 nitrogen and oxygen atoms in total. The van der Waals surface area contributed by atoms with Gasteiger partial charge < -0.3 is 20.7 Å². The van der Waals surface area contributed by atoms with Crippen LogP contribution in [0.2, 0.25) is 0 Å². The van der Waals surface area contributed by atoms with Crippen LogP contribution in [0.1, 0.15) is 17.2 Å². The van der Waals surface area contributed by atoms with E-state index in [-0.39, 0.29) is 18.1 Å². The topological polar surface area (TPSA) is 75.7 Å². The number of aryl methyl sites for hydroxylation is 1. The third kappa shape index (κ3) is 2.16. The minimum absolute atomic E-state index is 0.00653. The maximum atomic E-state index is 9.57. The molecule has 0 saturated carbocycles. The molecule has 0 aliphatic carbocycles. The van der Waals surface area contributed by atoms with E-state index in [4.69, 9.17) is 10.5 Å². The lowest BCUT2D eigenvalue weighted by Gasteiger charge is -2.14. The highest BCUT2D eigenvalue weighted by Crippen LogP contribution is 2.32. The van der Waals surface area contributed by atoms with E-state index < -0.39 is 6.04 Å². The normalized spacial score (nSPS) is 12.8. The minimum Gasteiger partial charge on any atom is -0.507 e. The van der Waals surface area contributed by atoms with E-state index in [9.17, 15) is 10.2 Å². The molecule has 4 N–H and O–H groups in total. The smallest absolute Gasteiger partial charge is 0.124 e. The molecule has 0 radical (unpaired) electrons. The van der Waals surface area contributed by atoms with Gasteiger partial charge in [0.25, 0.3) is 0 Å². The Balaban J connectivity index is 3.07. The molecule has 0 spiro atoms. The average molecular weight is 197 g/mol. The van der Waals surface area contributed by atoms with Gasteiger partial charge >= 0.3 is 0 Å². The number of methoxy groups -OCH3 is 1. The summed E-state index contributed by atoms with van der Waals surface area (Å²) in [7, 11) is 1.52. The molecule has 0 bridgehead atoms. The van der Waals surface area contributed by atoms with Gasteiger partial charge in [0.15, 0.2) is 0 Å². The van der Waals surface area contributed by atoms with Gasteiger partial charge in [0, 0.05) is 7.11 Å². The molecule has 0 amide bonds. The van der Waals surface area contributed by atoms with Crippen LogP contribution >= 0.6 is 0 Å². The summed E-state index contributed by atoms with van der Waals surface area (Å²) < 4.78 is 4.85. The highest BCUT2D eigenvalue weighted by molar-refractivity contribution is 5.48. The molecular formula is C10H15NO3. The van der Waals surface area contributed by atoms with Gasteiger partial charge in [0.2, 0.25) is 0 Å². The summed E-state index contributed by atoms with van der Waals surface area (Å²) in [5.74, 6) is 0.0131. The first kappa shape index (κ1) is 10.8. The number of hydrogen-bond donors (Lipinski definition) is 3. The molecule has 0 saturated heterocycles. The summed E-state index contributed by atoms with van der Waals surface area (Å²) in [6.45, 7) is 2.04. The lowest BCUT2D eigenvalue weighted by Crippen LogP contribution is -2.16. The van der Waals surface area contributed by atoms with Crippen molar-refractivity contribution in [3.63, 3.8) is 0 Å².